The molecule has 1 amide bonds. The lowest BCUT2D eigenvalue weighted by molar-refractivity contribution is 0.0982. The van der Waals surface area contributed by atoms with Gasteiger partial charge in [-0.15, -0.1) is 0 Å². The van der Waals surface area contributed by atoms with Crippen LogP contribution >= 0.6 is 31.9 Å². The third-order valence-electron chi connectivity index (χ3n) is 1.42. The zero-order chi connectivity index (χ0) is 10.9. The lowest BCUT2D eigenvalue weighted by Gasteiger charge is -2.07. The summed E-state index contributed by atoms with van der Waals surface area (Å²) in [6, 6.07) is 1.38. The molecule has 0 aliphatic heterocycles. The van der Waals surface area contributed by atoms with E-state index in [0.717, 1.165) is 0 Å². The Morgan fingerprint density at radius 2 is 2.07 bits per heavy atom. The van der Waals surface area contributed by atoms with E-state index in [1.807, 2.05) is 0 Å². The van der Waals surface area contributed by atoms with E-state index in [2.05, 4.69) is 36.8 Å². The molecule has 0 atom stereocenters. The Labute approximate surface area is 94.9 Å². The van der Waals surface area contributed by atoms with Crippen LogP contribution in [0.2, 0.25) is 0 Å². The first-order valence-electron chi connectivity index (χ1n) is 3.37. The van der Waals surface area contributed by atoms with Crippen molar-refractivity contribution in [1.82, 2.24) is 4.98 Å². The standard InChI is InChI=1S/C7H4Br2F2N2O/c8-2-1-3(9)13-5(6(10)11)4(2)7(12)14/h1,6H,(H2,12,14). The van der Waals surface area contributed by atoms with E-state index in [4.69, 9.17) is 5.73 Å². The molecule has 0 fully saturated rings. The number of nitrogens with zero attached hydrogens (tertiary/aromatic N) is 1. The van der Waals surface area contributed by atoms with Crippen molar-refractivity contribution in [2.75, 3.05) is 0 Å². The highest BCUT2D eigenvalue weighted by Crippen LogP contribution is 2.29. The Balaban J connectivity index is 3.44. The molecule has 0 aliphatic rings. The second-order valence-electron chi connectivity index (χ2n) is 2.35. The number of aromatic nitrogens is 1. The highest BCUT2D eigenvalue weighted by molar-refractivity contribution is 9.11. The predicted octanol–water partition coefficient (Wildman–Crippen LogP) is 2.64. The molecule has 0 saturated carbocycles. The monoisotopic (exact) mass is 328 g/mol. The van der Waals surface area contributed by atoms with Crippen molar-refractivity contribution in [1.29, 1.82) is 0 Å². The smallest absolute Gasteiger partial charge is 0.281 e. The molecule has 0 aliphatic carbocycles. The van der Waals surface area contributed by atoms with Gasteiger partial charge in [0.2, 0.25) is 0 Å². The Kier molecular flexibility index (Phi) is 3.54. The first kappa shape index (κ1) is 11.5. The highest BCUT2D eigenvalue weighted by Gasteiger charge is 2.21. The van der Waals surface area contributed by atoms with Gasteiger partial charge in [0.25, 0.3) is 12.3 Å². The van der Waals surface area contributed by atoms with Crippen LogP contribution in [0.25, 0.3) is 0 Å². The molecule has 76 valence electrons. The Morgan fingerprint density at radius 3 is 2.50 bits per heavy atom. The number of carbonyl (C=O) groups is 1. The van der Waals surface area contributed by atoms with Crippen LogP contribution in [0.4, 0.5) is 8.78 Å². The van der Waals surface area contributed by atoms with Crippen LogP contribution < -0.4 is 5.73 Å². The maximum Gasteiger partial charge on any atom is 0.281 e. The topological polar surface area (TPSA) is 56.0 Å². The average Bonchev–Trinajstić information content (AvgIpc) is 2.01. The number of primary amides is 1. The summed E-state index contributed by atoms with van der Waals surface area (Å²) in [5.74, 6) is -0.938. The SMILES string of the molecule is NC(=O)c1c(Br)cc(Br)nc1C(F)F. The number of amides is 1. The van der Waals surface area contributed by atoms with Gasteiger partial charge in [-0.25, -0.2) is 13.8 Å². The zero-order valence-electron chi connectivity index (χ0n) is 6.60. The summed E-state index contributed by atoms with van der Waals surface area (Å²) in [4.78, 5) is 14.4. The van der Waals surface area contributed by atoms with Crippen LogP contribution in [0.15, 0.2) is 15.1 Å². The van der Waals surface area contributed by atoms with Crippen molar-refractivity contribution in [3.63, 3.8) is 0 Å². The molecule has 2 N–H and O–H groups in total. The number of alkyl halides is 2. The predicted molar refractivity (Wildman–Crippen MR) is 53.1 cm³/mol. The second kappa shape index (κ2) is 4.31. The van der Waals surface area contributed by atoms with Gasteiger partial charge in [0.05, 0.1) is 5.56 Å². The fraction of sp³-hybridized carbons (Fsp3) is 0.143. The van der Waals surface area contributed by atoms with Gasteiger partial charge in [0.1, 0.15) is 10.3 Å². The summed E-state index contributed by atoms with van der Waals surface area (Å²) in [6.45, 7) is 0. The number of hydrogen-bond donors (Lipinski definition) is 1. The first-order chi connectivity index (χ1) is 6.43. The highest BCUT2D eigenvalue weighted by atomic mass is 79.9. The molecule has 1 aromatic rings. The summed E-state index contributed by atoms with van der Waals surface area (Å²) >= 11 is 5.90. The summed E-state index contributed by atoms with van der Waals surface area (Å²) < 4.78 is 25.3. The molecule has 0 saturated heterocycles. The Morgan fingerprint density at radius 1 is 1.50 bits per heavy atom. The molecule has 14 heavy (non-hydrogen) atoms. The van der Waals surface area contributed by atoms with Gasteiger partial charge in [-0.3, -0.25) is 4.79 Å². The van der Waals surface area contributed by atoms with Crippen molar-refractivity contribution < 1.29 is 13.6 Å². The molecular weight excluding hydrogens is 326 g/mol. The van der Waals surface area contributed by atoms with E-state index >= 15 is 0 Å². The molecule has 1 heterocycles. The van der Waals surface area contributed by atoms with Crippen molar-refractivity contribution >= 4 is 37.8 Å². The number of rotatable bonds is 2. The summed E-state index contributed by atoms with van der Waals surface area (Å²) in [7, 11) is 0. The quantitative estimate of drug-likeness (QED) is 0.848. The van der Waals surface area contributed by atoms with Gasteiger partial charge >= 0.3 is 0 Å². The van der Waals surface area contributed by atoms with Gasteiger partial charge in [-0.1, -0.05) is 0 Å². The third kappa shape index (κ3) is 2.27. The van der Waals surface area contributed by atoms with E-state index in [1.54, 1.807) is 0 Å². The summed E-state index contributed by atoms with van der Waals surface area (Å²) in [5, 5.41) is 0. The van der Waals surface area contributed by atoms with Crippen molar-refractivity contribution in [3.8, 4) is 0 Å². The molecule has 0 aromatic carbocycles. The number of hydrogen-bond acceptors (Lipinski definition) is 2. The van der Waals surface area contributed by atoms with E-state index in [1.165, 1.54) is 6.07 Å². The lowest BCUT2D eigenvalue weighted by Crippen LogP contribution is -2.16. The summed E-state index contributed by atoms with van der Waals surface area (Å²) in [6.07, 6.45) is -2.84. The minimum absolute atomic E-state index is 0.196. The number of halogens is 4. The largest absolute Gasteiger partial charge is 0.366 e. The molecule has 7 heteroatoms. The molecule has 1 aromatic heterocycles. The van der Waals surface area contributed by atoms with Crippen molar-refractivity contribution in [2.24, 2.45) is 5.73 Å². The normalized spacial score (nSPS) is 10.6. The lowest BCUT2D eigenvalue weighted by atomic mass is 10.2. The van der Waals surface area contributed by atoms with Crippen molar-refractivity contribution in [3.05, 3.63) is 26.4 Å². The number of carbonyl (C=O) groups excluding carboxylic acids is 1. The fourth-order valence-electron chi connectivity index (χ4n) is 0.904. The molecule has 0 spiro atoms. The fourth-order valence-corrected chi connectivity index (χ4v) is 2.25. The van der Waals surface area contributed by atoms with Gasteiger partial charge in [0.15, 0.2) is 0 Å². The zero-order valence-corrected chi connectivity index (χ0v) is 9.77. The Bertz CT molecular complexity index is 384. The third-order valence-corrected chi connectivity index (χ3v) is 2.45. The number of pyridine rings is 1. The van der Waals surface area contributed by atoms with E-state index in [9.17, 15) is 13.6 Å². The minimum Gasteiger partial charge on any atom is -0.366 e. The van der Waals surface area contributed by atoms with E-state index < -0.39 is 18.0 Å². The van der Waals surface area contributed by atoms with E-state index in [-0.39, 0.29) is 14.6 Å². The molecule has 0 bridgehead atoms. The van der Waals surface area contributed by atoms with Crippen LogP contribution in [0.1, 0.15) is 22.5 Å². The molecule has 0 radical (unpaired) electrons. The van der Waals surface area contributed by atoms with Gasteiger partial charge in [0, 0.05) is 4.47 Å². The van der Waals surface area contributed by atoms with Gasteiger partial charge < -0.3 is 5.73 Å². The van der Waals surface area contributed by atoms with Crippen LogP contribution in [0, 0.1) is 0 Å². The van der Waals surface area contributed by atoms with Crippen LogP contribution in [0.5, 0.6) is 0 Å². The van der Waals surface area contributed by atoms with Crippen LogP contribution in [-0.2, 0) is 0 Å². The minimum atomic E-state index is -2.84. The molecular formula is C7H4Br2F2N2O. The molecule has 3 nitrogen and oxygen atoms in total. The maximum absolute atomic E-state index is 12.4. The molecule has 0 unspecified atom stereocenters. The average molecular weight is 330 g/mol. The number of nitrogens with two attached hydrogens (primary N) is 1. The first-order valence-corrected chi connectivity index (χ1v) is 4.96. The second-order valence-corrected chi connectivity index (χ2v) is 4.02. The maximum atomic E-state index is 12.4. The van der Waals surface area contributed by atoms with Gasteiger partial charge in [-0.2, -0.15) is 0 Å². The van der Waals surface area contributed by atoms with Crippen molar-refractivity contribution in [2.45, 2.75) is 6.43 Å². The Hall–Kier alpha value is -0.560. The van der Waals surface area contributed by atoms with Crippen LogP contribution in [-0.4, -0.2) is 10.9 Å². The van der Waals surface area contributed by atoms with E-state index in [0.29, 0.717) is 0 Å². The summed E-state index contributed by atoms with van der Waals surface area (Å²) in [5.41, 5.74) is 4.03. The van der Waals surface area contributed by atoms with Gasteiger partial charge in [-0.05, 0) is 37.9 Å². The molecule has 1 rings (SSSR count). The van der Waals surface area contributed by atoms with Crippen LogP contribution in [0.3, 0.4) is 0 Å².